The number of primary amides is 1. The SMILES string of the molecule is NC(=O)c1cnc([C@@H]2OC[C@@H](O)[C@H]2O)[nH]1. The topological polar surface area (TPSA) is 121 Å². The summed E-state index contributed by atoms with van der Waals surface area (Å²) in [5.41, 5.74) is 5.17. The number of hydrogen-bond donors (Lipinski definition) is 4. The molecular formula is C8H11N3O4. The zero-order valence-corrected chi connectivity index (χ0v) is 7.75. The highest BCUT2D eigenvalue weighted by atomic mass is 16.5. The Morgan fingerprint density at radius 3 is 2.87 bits per heavy atom. The van der Waals surface area contributed by atoms with Crippen LogP contribution in [0.25, 0.3) is 0 Å². The van der Waals surface area contributed by atoms with Crippen LogP contribution in [0.5, 0.6) is 0 Å². The molecule has 5 N–H and O–H groups in total. The number of nitrogens with zero attached hydrogens (tertiary/aromatic N) is 1. The number of nitrogens with one attached hydrogen (secondary N) is 1. The van der Waals surface area contributed by atoms with E-state index in [4.69, 9.17) is 10.5 Å². The predicted octanol–water partition coefficient (Wildman–Crippen LogP) is -1.70. The van der Waals surface area contributed by atoms with Crippen molar-refractivity contribution in [3.05, 3.63) is 17.7 Å². The van der Waals surface area contributed by atoms with E-state index >= 15 is 0 Å². The third-order valence-electron chi connectivity index (χ3n) is 2.28. The van der Waals surface area contributed by atoms with Gasteiger partial charge in [-0.2, -0.15) is 0 Å². The van der Waals surface area contributed by atoms with Crippen molar-refractivity contribution >= 4 is 5.91 Å². The Morgan fingerprint density at radius 2 is 2.40 bits per heavy atom. The van der Waals surface area contributed by atoms with Crippen LogP contribution < -0.4 is 5.73 Å². The van der Waals surface area contributed by atoms with Crippen molar-refractivity contribution < 1.29 is 19.7 Å². The normalized spacial score (nSPS) is 30.7. The molecule has 7 nitrogen and oxygen atoms in total. The van der Waals surface area contributed by atoms with Gasteiger partial charge in [0.2, 0.25) is 0 Å². The number of carbonyl (C=O) groups is 1. The second kappa shape index (κ2) is 3.61. The van der Waals surface area contributed by atoms with Gasteiger partial charge in [-0.3, -0.25) is 4.79 Å². The first kappa shape index (κ1) is 10.1. The van der Waals surface area contributed by atoms with Gasteiger partial charge in [0, 0.05) is 0 Å². The predicted molar refractivity (Wildman–Crippen MR) is 47.8 cm³/mol. The molecule has 1 aliphatic rings. The van der Waals surface area contributed by atoms with Gasteiger partial charge in [0.05, 0.1) is 12.8 Å². The summed E-state index contributed by atoms with van der Waals surface area (Å²) in [7, 11) is 0. The van der Waals surface area contributed by atoms with E-state index in [1.54, 1.807) is 0 Å². The number of H-pyrrole nitrogens is 1. The van der Waals surface area contributed by atoms with Crippen LogP contribution in [0.15, 0.2) is 6.20 Å². The van der Waals surface area contributed by atoms with Crippen LogP contribution >= 0.6 is 0 Å². The second-order valence-electron chi connectivity index (χ2n) is 3.36. The summed E-state index contributed by atoms with van der Waals surface area (Å²) < 4.78 is 5.11. The standard InChI is InChI=1S/C8H11N3O4/c9-7(14)3-1-10-8(11-3)6-5(13)4(12)2-15-6/h1,4-6,12-13H,2H2,(H2,9,14)(H,10,11)/t4-,5-,6-/m1/s1. The van der Waals surface area contributed by atoms with Crippen molar-refractivity contribution in [2.24, 2.45) is 5.73 Å². The number of carbonyl (C=O) groups excluding carboxylic acids is 1. The molecule has 1 amide bonds. The fourth-order valence-corrected chi connectivity index (χ4v) is 1.45. The van der Waals surface area contributed by atoms with Gasteiger partial charge in [0.15, 0.2) is 0 Å². The molecular weight excluding hydrogens is 202 g/mol. The van der Waals surface area contributed by atoms with E-state index in [-0.39, 0.29) is 18.1 Å². The first-order valence-corrected chi connectivity index (χ1v) is 4.42. The lowest BCUT2D eigenvalue weighted by Crippen LogP contribution is -2.25. The first-order chi connectivity index (χ1) is 7.09. The number of amides is 1. The minimum Gasteiger partial charge on any atom is -0.388 e. The van der Waals surface area contributed by atoms with E-state index in [1.165, 1.54) is 6.20 Å². The van der Waals surface area contributed by atoms with Crippen molar-refractivity contribution in [1.82, 2.24) is 9.97 Å². The molecule has 2 rings (SSSR count). The van der Waals surface area contributed by atoms with Crippen molar-refractivity contribution in [3.8, 4) is 0 Å². The van der Waals surface area contributed by atoms with Crippen molar-refractivity contribution in [2.75, 3.05) is 6.61 Å². The van der Waals surface area contributed by atoms with E-state index in [0.717, 1.165) is 0 Å². The average molecular weight is 213 g/mol. The van der Waals surface area contributed by atoms with Gasteiger partial charge in [-0.25, -0.2) is 4.98 Å². The highest BCUT2D eigenvalue weighted by molar-refractivity contribution is 5.90. The molecule has 0 aromatic carbocycles. The van der Waals surface area contributed by atoms with Crippen LogP contribution in [0.1, 0.15) is 22.4 Å². The third kappa shape index (κ3) is 1.72. The lowest BCUT2D eigenvalue weighted by atomic mass is 10.1. The first-order valence-electron chi connectivity index (χ1n) is 4.42. The van der Waals surface area contributed by atoms with Crippen molar-refractivity contribution in [2.45, 2.75) is 18.3 Å². The number of hydrogen-bond acceptors (Lipinski definition) is 5. The number of rotatable bonds is 2. The number of imidazole rings is 1. The Hall–Kier alpha value is -1.44. The van der Waals surface area contributed by atoms with Crippen LogP contribution in [0.3, 0.4) is 0 Å². The van der Waals surface area contributed by atoms with Crippen LogP contribution in [0, 0.1) is 0 Å². The molecule has 3 atom stereocenters. The largest absolute Gasteiger partial charge is 0.388 e. The van der Waals surface area contributed by atoms with E-state index < -0.39 is 24.2 Å². The Kier molecular flexibility index (Phi) is 2.43. The van der Waals surface area contributed by atoms with Gasteiger partial charge in [-0.05, 0) is 0 Å². The average Bonchev–Trinajstić information content (AvgIpc) is 2.76. The number of aromatic amines is 1. The summed E-state index contributed by atoms with van der Waals surface area (Å²) in [4.78, 5) is 17.2. The van der Waals surface area contributed by atoms with Gasteiger partial charge in [0.25, 0.3) is 5.91 Å². The van der Waals surface area contributed by atoms with E-state index in [2.05, 4.69) is 9.97 Å². The fourth-order valence-electron chi connectivity index (χ4n) is 1.45. The molecule has 0 saturated carbocycles. The summed E-state index contributed by atoms with van der Waals surface area (Å²) in [5, 5.41) is 18.7. The minimum absolute atomic E-state index is 0.0401. The maximum Gasteiger partial charge on any atom is 0.266 e. The van der Waals surface area contributed by atoms with Crippen LogP contribution in [-0.4, -0.2) is 44.9 Å². The second-order valence-corrected chi connectivity index (χ2v) is 3.36. The Bertz CT molecular complexity index is 378. The summed E-state index contributed by atoms with van der Waals surface area (Å²) in [6.45, 7) is 0.0401. The summed E-state index contributed by atoms with van der Waals surface area (Å²) in [5.74, 6) is -0.352. The number of aliphatic hydroxyl groups is 2. The monoisotopic (exact) mass is 213 g/mol. The Balaban J connectivity index is 2.19. The van der Waals surface area contributed by atoms with Gasteiger partial charge >= 0.3 is 0 Å². The molecule has 1 aromatic heterocycles. The van der Waals surface area contributed by atoms with Crippen LogP contribution in [0.4, 0.5) is 0 Å². The molecule has 0 unspecified atom stereocenters. The van der Waals surface area contributed by atoms with Crippen LogP contribution in [-0.2, 0) is 4.74 Å². The van der Waals surface area contributed by atoms with E-state index in [9.17, 15) is 15.0 Å². The molecule has 2 heterocycles. The summed E-state index contributed by atoms with van der Waals surface area (Å²) >= 11 is 0. The quantitative estimate of drug-likeness (QED) is 0.466. The van der Waals surface area contributed by atoms with Gasteiger partial charge in [-0.15, -0.1) is 0 Å². The molecule has 1 aliphatic heterocycles. The minimum atomic E-state index is -1.04. The third-order valence-corrected chi connectivity index (χ3v) is 2.28. The Labute approximate surface area is 84.9 Å². The maximum atomic E-state index is 10.8. The lowest BCUT2D eigenvalue weighted by molar-refractivity contribution is 0.0186. The zero-order valence-electron chi connectivity index (χ0n) is 7.75. The van der Waals surface area contributed by atoms with E-state index in [0.29, 0.717) is 0 Å². The molecule has 15 heavy (non-hydrogen) atoms. The smallest absolute Gasteiger partial charge is 0.266 e. The molecule has 0 bridgehead atoms. The number of nitrogens with two attached hydrogens (primary N) is 1. The number of aromatic nitrogens is 2. The summed E-state index contributed by atoms with van der Waals surface area (Å²) in [6, 6.07) is 0. The summed E-state index contributed by atoms with van der Waals surface area (Å²) in [6.07, 6.45) is -1.46. The van der Waals surface area contributed by atoms with Gasteiger partial charge < -0.3 is 25.7 Å². The highest BCUT2D eigenvalue weighted by Gasteiger charge is 2.37. The lowest BCUT2D eigenvalue weighted by Gasteiger charge is -2.11. The molecule has 0 spiro atoms. The molecule has 0 aliphatic carbocycles. The molecule has 82 valence electrons. The van der Waals surface area contributed by atoms with E-state index in [1.807, 2.05) is 0 Å². The Morgan fingerprint density at radius 1 is 1.67 bits per heavy atom. The van der Waals surface area contributed by atoms with Crippen molar-refractivity contribution in [3.63, 3.8) is 0 Å². The number of ether oxygens (including phenoxy) is 1. The van der Waals surface area contributed by atoms with Gasteiger partial charge in [-0.1, -0.05) is 0 Å². The molecule has 1 fully saturated rings. The van der Waals surface area contributed by atoms with Gasteiger partial charge in [0.1, 0.15) is 29.8 Å². The maximum absolute atomic E-state index is 10.8. The van der Waals surface area contributed by atoms with Crippen molar-refractivity contribution in [1.29, 1.82) is 0 Å². The molecule has 0 radical (unpaired) electrons. The molecule has 1 saturated heterocycles. The number of aliphatic hydroxyl groups excluding tert-OH is 2. The fraction of sp³-hybridized carbons (Fsp3) is 0.500. The highest BCUT2D eigenvalue weighted by Crippen LogP contribution is 2.27. The molecule has 7 heteroatoms. The zero-order chi connectivity index (χ0) is 11.0. The van der Waals surface area contributed by atoms with Crippen LogP contribution in [0.2, 0.25) is 0 Å². The molecule has 1 aromatic rings.